The van der Waals surface area contributed by atoms with Crippen molar-refractivity contribution in [1.29, 1.82) is 0 Å². The predicted octanol–water partition coefficient (Wildman–Crippen LogP) is 2.74. The molecule has 1 aliphatic heterocycles. The van der Waals surface area contributed by atoms with Crippen molar-refractivity contribution in [3.8, 4) is 0 Å². The molecule has 21 heavy (non-hydrogen) atoms. The van der Waals surface area contributed by atoms with Crippen LogP contribution in [0.15, 0.2) is 0 Å². The van der Waals surface area contributed by atoms with Crippen LogP contribution in [0.5, 0.6) is 0 Å². The number of amides is 2. The van der Waals surface area contributed by atoms with E-state index in [1.54, 1.807) is 13.8 Å². The molecule has 1 spiro atoms. The molecular formula is C17H29NO3. The lowest BCUT2D eigenvalue weighted by Gasteiger charge is -2.40. The van der Waals surface area contributed by atoms with Crippen molar-refractivity contribution < 1.29 is 14.7 Å². The highest BCUT2D eigenvalue weighted by molar-refractivity contribution is 6.06. The van der Waals surface area contributed by atoms with Gasteiger partial charge in [0, 0.05) is 6.42 Å². The summed E-state index contributed by atoms with van der Waals surface area (Å²) in [6, 6.07) is 0. The van der Waals surface area contributed by atoms with Crippen LogP contribution < -0.4 is 0 Å². The highest BCUT2D eigenvalue weighted by atomic mass is 16.3. The Kier molecular flexibility index (Phi) is 3.98. The van der Waals surface area contributed by atoms with E-state index in [4.69, 9.17) is 0 Å². The van der Waals surface area contributed by atoms with Crippen LogP contribution in [0.2, 0.25) is 0 Å². The first kappa shape index (κ1) is 16.5. The van der Waals surface area contributed by atoms with E-state index in [2.05, 4.69) is 20.8 Å². The molecular weight excluding hydrogens is 266 g/mol. The molecule has 2 rings (SSSR count). The SMILES string of the molecule is CC(C)(O)CN1C(=O)CC2(CCC(C(C)(C)C)CC2)C1=O. The topological polar surface area (TPSA) is 57.6 Å². The van der Waals surface area contributed by atoms with Crippen molar-refractivity contribution in [3.63, 3.8) is 0 Å². The minimum Gasteiger partial charge on any atom is -0.389 e. The number of nitrogens with zero attached hydrogens (tertiary/aromatic N) is 1. The van der Waals surface area contributed by atoms with Crippen LogP contribution in [0.4, 0.5) is 0 Å². The Labute approximate surface area is 127 Å². The number of imide groups is 1. The normalized spacial score (nSPS) is 31.3. The number of hydrogen-bond donors (Lipinski definition) is 1. The summed E-state index contributed by atoms with van der Waals surface area (Å²) in [6.45, 7) is 10.1. The van der Waals surface area contributed by atoms with Crippen molar-refractivity contribution >= 4 is 11.8 Å². The average molecular weight is 295 g/mol. The second kappa shape index (κ2) is 5.08. The molecule has 0 aromatic carbocycles. The molecule has 1 saturated carbocycles. The third kappa shape index (κ3) is 3.31. The van der Waals surface area contributed by atoms with Gasteiger partial charge in [0.25, 0.3) is 0 Å². The molecule has 0 atom stereocenters. The van der Waals surface area contributed by atoms with Gasteiger partial charge in [-0.1, -0.05) is 20.8 Å². The third-order valence-corrected chi connectivity index (χ3v) is 5.20. The molecule has 2 amide bonds. The predicted molar refractivity (Wildman–Crippen MR) is 81.5 cm³/mol. The number of rotatable bonds is 2. The van der Waals surface area contributed by atoms with Gasteiger partial charge in [0.15, 0.2) is 0 Å². The van der Waals surface area contributed by atoms with Crippen LogP contribution >= 0.6 is 0 Å². The minimum atomic E-state index is -1.03. The van der Waals surface area contributed by atoms with Crippen LogP contribution in [0, 0.1) is 16.7 Å². The number of β-amino-alcohol motifs (C(OH)–C–C–N with tert-alkyl or cyclic N) is 1. The lowest BCUT2D eigenvalue weighted by Crippen LogP contribution is -2.45. The molecule has 0 bridgehead atoms. The van der Waals surface area contributed by atoms with Crippen LogP contribution in [-0.2, 0) is 9.59 Å². The molecule has 0 aromatic rings. The van der Waals surface area contributed by atoms with Gasteiger partial charge in [-0.2, -0.15) is 0 Å². The first-order valence-electron chi connectivity index (χ1n) is 8.02. The van der Waals surface area contributed by atoms with Crippen LogP contribution in [-0.4, -0.2) is 34.0 Å². The summed E-state index contributed by atoms with van der Waals surface area (Å²) in [7, 11) is 0. The first-order chi connectivity index (χ1) is 9.45. The zero-order chi connectivity index (χ0) is 16.1. The van der Waals surface area contributed by atoms with Gasteiger partial charge < -0.3 is 5.11 Å². The molecule has 1 aliphatic carbocycles. The Morgan fingerprint density at radius 3 is 2.10 bits per heavy atom. The fourth-order valence-electron chi connectivity index (χ4n) is 3.83. The average Bonchev–Trinajstić information content (AvgIpc) is 2.52. The number of hydrogen-bond acceptors (Lipinski definition) is 3. The number of likely N-dealkylation sites (tertiary alicyclic amines) is 1. The summed E-state index contributed by atoms with van der Waals surface area (Å²) in [5.41, 5.74) is -1.25. The summed E-state index contributed by atoms with van der Waals surface area (Å²) in [6.07, 6.45) is 3.97. The Bertz CT molecular complexity index is 434. The zero-order valence-electron chi connectivity index (χ0n) is 14.0. The lowest BCUT2D eigenvalue weighted by molar-refractivity contribution is -0.145. The van der Waals surface area contributed by atoms with E-state index in [9.17, 15) is 14.7 Å². The highest BCUT2D eigenvalue weighted by Gasteiger charge is 2.53. The molecule has 0 radical (unpaired) electrons. The molecule has 1 heterocycles. The van der Waals surface area contributed by atoms with E-state index in [1.165, 1.54) is 4.90 Å². The molecule has 2 aliphatic rings. The molecule has 0 unspecified atom stereocenters. The molecule has 120 valence electrons. The zero-order valence-corrected chi connectivity index (χ0v) is 14.0. The molecule has 4 heteroatoms. The summed E-state index contributed by atoms with van der Waals surface area (Å²) in [4.78, 5) is 26.2. The molecule has 2 fully saturated rings. The smallest absolute Gasteiger partial charge is 0.236 e. The standard InChI is InChI=1S/C17H29NO3/c1-15(2,3)12-6-8-17(9-7-12)10-13(19)18(14(17)20)11-16(4,5)21/h12,21H,6-11H2,1-5H3. The van der Waals surface area contributed by atoms with Crippen molar-refractivity contribution in [3.05, 3.63) is 0 Å². The van der Waals surface area contributed by atoms with Crippen LogP contribution in [0.3, 0.4) is 0 Å². The van der Waals surface area contributed by atoms with Gasteiger partial charge in [0.05, 0.1) is 17.6 Å². The second-order valence-electron chi connectivity index (χ2n) is 8.69. The van der Waals surface area contributed by atoms with E-state index in [0.29, 0.717) is 12.3 Å². The molecule has 1 N–H and O–H groups in total. The van der Waals surface area contributed by atoms with E-state index >= 15 is 0 Å². The quantitative estimate of drug-likeness (QED) is 0.797. The third-order valence-electron chi connectivity index (χ3n) is 5.20. The van der Waals surface area contributed by atoms with Gasteiger partial charge in [-0.25, -0.2) is 0 Å². The van der Waals surface area contributed by atoms with Crippen molar-refractivity contribution in [2.75, 3.05) is 6.54 Å². The van der Waals surface area contributed by atoms with E-state index in [1.807, 2.05) is 0 Å². The van der Waals surface area contributed by atoms with E-state index < -0.39 is 11.0 Å². The summed E-state index contributed by atoms with van der Waals surface area (Å²) in [5, 5.41) is 9.90. The Hall–Kier alpha value is -0.900. The maximum atomic E-state index is 12.7. The van der Waals surface area contributed by atoms with Gasteiger partial charge >= 0.3 is 0 Å². The van der Waals surface area contributed by atoms with Gasteiger partial charge in [-0.3, -0.25) is 14.5 Å². The molecule has 4 nitrogen and oxygen atoms in total. The monoisotopic (exact) mass is 295 g/mol. The highest BCUT2D eigenvalue weighted by Crippen LogP contribution is 2.50. The van der Waals surface area contributed by atoms with Gasteiger partial charge in [0.1, 0.15) is 0 Å². The minimum absolute atomic E-state index is 0.0537. The summed E-state index contributed by atoms with van der Waals surface area (Å²) in [5.74, 6) is 0.452. The van der Waals surface area contributed by atoms with E-state index in [0.717, 1.165) is 25.7 Å². The fraction of sp³-hybridized carbons (Fsp3) is 0.882. The van der Waals surface area contributed by atoms with Crippen LogP contribution in [0.25, 0.3) is 0 Å². The number of carbonyl (C=O) groups excluding carboxylic acids is 2. The number of carbonyl (C=O) groups is 2. The van der Waals surface area contributed by atoms with Crippen LogP contribution in [0.1, 0.15) is 66.7 Å². The van der Waals surface area contributed by atoms with Crippen molar-refractivity contribution in [2.45, 2.75) is 72.3 Å². The first-order valence-corrected chi connectivity index (χ1v) is 8.02. The fourth-order valence-corrected chi connectivity index (χ4v) is 3.83. The van der Waals surface area contributed by atoms with Gasteiger partial charge in [0.2, 0.25) is 11.8 Å². The Balaban J connectivity index is 2.09. The van der Waals surface area contributed by atoms with Crippen molar-refractivity contribution in [1.82, 2.24) is 4.90 Å². The van der Waals surface area contributed by atoms with E-state index in [-0.39, 0.29) is 23.8 Å². The maximum Gasteiger partial charge on any atom is 0.236 e. The summed E-state index contributed by atoms with van der Waals surface area (Å²) < 4.78 is 0. The second-order valence-corrected chi connectivity index (χ2v) is 8.69. The van der Waals surface area contributed by atoms with Gasteiger partial charge in [-0.15, -0.1) is 0 Å². The number of aliphatic hydroxyl groups is 1. The lowest BCUT2D eigenvalue weighted by atomic mass is 9.63. The Morgan fingerprint density at radius 2 is 1.67 bits per heavy atom. The van der Waals surface area contributed by atoms with Gasteiger partial charge in [-0.05, 0) is 50.9 Å². The maximum absolute atomic E-state index is 12.7. The Morgan fingerprint density at radius 1 is 1.14 bits per heavy atom. The molecule has 0 aromatic heterocycles. The van der Waals surface area contributed by atoms with Crippen molar-refractivity contribution in [2.24, 2.45) is 16.7 Å². The summed E-state index contributed by atoms with van der Waals surface area (Å²) >= 11 is 0. The largest absolute Gasteiger partial charge is 0.389 e. The molecule has 1 saturated heterocycles.